The lowest BCUT2D eigenvalue weighted by Crippen LogP contribution is -2.39. The van der Waals surface area contributed by atoms with Crippen molar-refractivity contribution in [1.82, 2.24) is 10.6 Å². The SMILES string of the molecule is O=C(NC1CCC(N=C2C=CC=C3NC(C(F)(F)F)=CC32)CC1)c1ccccc1NCC(F)F. The molecule has 0 bridgehead atoms. The Morgan fingerprint density at radius 1 is 1.15 bits per heavy atom. The first-order valence-corrected chi connectivity index (χ1v) is 11.1. The minimum atomic E-state index is -4.44. The van der Waals surface area contributed by atoms with E-state index in [-0.39, 0.29) is 18.0 Å². The summed E-state index contributed by atoms with van der Waals surface area (Å²) in [5.74, 6) is -0.865. The van der Waals surface area contributed by atoms with Gasteiger partial charge in [-0.15, -0.1) is 0 Å². The van der Waals surface area contributed by atoms with Crippen LogP contribution >= 0.6 is 0 Å². The molecule has 0 aromatic heterocycles. The van der Waals surface area contributed by atoms with Gasteiger partial charge in [-0.05, 0) is 56.0 Å². The van der Waals surface area contributed by atoms with Gasteiger partial charge in [-0.2, -0.15) is 13.2 Å². The summed E-state index contributed by atoms with van der Waals surface area (Å²) in [6.07, 6.45) is 1.95. The van der Waals surface area contributed by atoms with Gasteiger partial charge in [-0.1, -0.05) is 18.2 Å². The number of amides is 1. The Morgan fingerprint density at radius 3 is 2.59 bits per heavy atom. The molecule has 3 aliphatic rings. The number of halogens is 5. The van der Waals surface area contributed by atoms with Crippen LogP contribution < -0.4 is 16.0 Å². The third kappa shape index (κ3) is 5.66. The maximum absolute atomic E-state index is 13.1. The van der Waals surface area contributed by atoms with Crippen LogP contribution in [0.25, 0.3) is 0 Å². The van der Waals surface area contributed by atoms with Gasteiger partial charge in [-0.25, -0.2) is 8.78 Å². The Hall–Kier alpha value is -3.17. The summed E-state index contributed by atoms with van der Waals surface area (Å²) in [6, 6.07) is 6.37. The number of benzene rings is 1. The number of hydrogen-bond acceptors (Lipinski definition) is 4. The molecule has 1 aromatic rings. The maximum Gasteiger partial charge on any atom is 0.430 e. The number of nitrogens with one attached hydrogen (secondary N) is 3. The Balaban J connectivity index is 1.34. The third-order valence-electron chi connectivity index (χ3n) is 6.10. The summed E-state index contributed by atoms with van der Waals surface area (Å²) in [6.45, 7) is -0.544. The molecule has 0 spiro atoms. The van der Waals surface area contributed by atoms with Gasteiger partial charge >= 0.3 is 6.18 Å². The number of nitrogens with zero attached hydrogens (tertiary/aromatic N) is 1. The highest BCUT2D eigenvalue weighted by Gasteiger charge is 2.40. The zero-order chi connectivity index (χ0) is 24.3. The number of fused-ring (bicyclic) bond motifs is 1. The summed E-state index contributed by atoms with van der Waals surface area (Å²) in [4.78, 5) is 17.5. The minimum Gasteiger partial charge on any atom is -0.379 e. The molecular formula is C24H25F5N4O. The van der Waals surface area contributed by atoms with Crippen molar-refractivity contribution in [2.45, 2.75) is 50.4 Å². The van der Waals surface area contributed by atoms with Gasteiger partial charge in [0.1, 0.15) is 5.70 Å². The first-order chi connectivity index (χ1) is 16.2. The number of carbonyl (C=O) groups excluding carboxylic acids is 1. The molecule has 10 heteroatoms. The molecule has 1 aromatic carbocycles. The molecule has 1 aliphatic heterocycles. The van der Waals surface area contributed by atoms with E-state index in [4.69, 9.17) is 4.99 Å². The molecule has 1 amide bonds. The minimum absolute atomic E-state index is 0.0458. The van der Waals surface area contributed by atoms with Crippen molar-refractivity contribution in [2.75, 3.05) is 11.9 Å². The van der Waals surface area contributed by atoms with Gasteiger partial charge < -0.3 is 16.0 Å². The molecule has 34 heavy (non-hydrogen) atoms. The predicted molar refractivity (Wildman–Crippen MR) is 120 cm³/mol. The van der Waals surface area contributed by atoms with Crippen molar-refractivity contribution in [3.63, 3.8) is 0 Å². The van der Waals surface area contributed by atoms with E-state index in [1.165, 1.54) is 6.08 Å². The Labute approximate surface area is 193 Å². The first-order valence-electron chi connectivity index (χ1n) is 11.1. The van der Waals surface area contributed by atoms with Gasteiger partial charge in [0.25, 0.3) is 12.3 Å². The van der Waals surface area contributed by atoms with E-state index in [0.29, 0.717) is 48.3 Å². The maximum atomic E-state index is 13.1. The number of para-hydroxylation sites is 1. The number of hydrogen-bond donors (Lipinski definition) is 3. The van der Waals surface area contributed by atoms with Crippen molar-refractivity contribution in [3.8, 4) is 0 Å². The van der Waals surface area contributed by atoms with Crippen LogP contribution in [0.1, 0.15) is 36.0 Å². The fraction of sp³-hybridized carbons (Fsp3) is 0.417. The highest BCUT2D eigenvalue weighted by atomic mass is 19.4. The van der Waals surface area contributed by atoms with Crippen molar-refractivity contribution in [2.24, 2.45) is 10.9 Å². The van der Waals surface area contributed by atoms with E-state index < -0.39 is 30.8 Å². The molecule has 1 atom stereocenters. The van der Waals surface area contributed by atoms with Crippen LogP contribution in [0.5, 0.6) is 0 Å². The number of rotatable bonds is 6. The van der Waals surface area contributed by atoms with E-state index in [0.717, 1.165) is 0 Å². The lowest BCUT2D eigenvalue weighted by Gasteiger charge is -2.28. The predicted octanol–water partition coefficient (Wildman–Crippen LogP) is 4.96. The number of allylic oxidation sites excluding steroid dienone is 5. The molecule has 1 unspecified atom stereocenters. The van der Waals surface area contributed by atoms with E-state index in [2.05, 4.69) is 16.0 Å². The van der Waals surface area contributed by atoms with Crippen LogP contribution in [-0.2, 0) is 0 Å². The number of carbonyl (C=O) groups is 1. The van der Waals surface area contributed by atoms with Gasteiger partial charge in [0.15, 0.2) is 0 Å². The molecule has 2 aliphatic carbocycles. The molecule has 1 saturated carbocycles. The van der Waals surface area contributed by atoms with E-state index >= 15 is 0 Å². The number of alkyl halides is 5. The number of anilines is 1. The van der Waals surface area contributed by atoms with Gasteiger partial charge in [0.05, 0.1) is 24.1 Å². The van der Waals surface area contributed by atoms with E-state index in [1.807, 2.05) is 0 Å². The largest absolute Gasteiger partial charge is 0.430 e. The zero-order valence-electron chi connectivity index (χ0n) is 18.2. The fourth-order valence-corrected chi connectivity index (χ4v) is 4.41. The van der Waals surface area contributed by atoms with Crippen molar-refractivity contribution in [1.29, 1.82) is 0 Å². The second kappa shape index (κ2) is 9.99. The molecule has 0 saturated heterocycles. The Kier molecular flexibility index (Phi) is 7.04. The van der Waals surface area contributed by atoms with Gasteiger partial charge in [0, 0.05) is 23.1 Å². The smallest absolute Gasteiger partial charge is 0.379 e. The van der Waals surface area contributed by atoms with Crippen molar-refractivity contribution >= 4 is 17.3 Å². The molecule has 4 rings (SSSR count). The fourth-order valence-electron chi connectivity index (χ4n) is 4.41. The van der Waals surface area contributed by atoms with Crippen molar-refractivity contribution in [3.05, 3.63) is 65.5 Å². The molecule has 3 N–H and O–H groups in total. The molecule has 0 radical (unpaired) electrons. The third-order valence-corrected chi connectivity index (χ3v) is 6.10. The van der Waals surface area contributed by atoms with Gasteiger partial charge in [0.2, 0.25) is 0 Å². The molecule has 1 fully saturated rings. The molecule has 182 valence electrons. The Morgan fingerprint density at radius 2 is 1.88 bits per heavy atom. The molecule has 5 nitrogen and oxygen atoms in total. The second-order valence-corrected chi connectivity index (χ2v) is 8.51. The quantitative estimate of drug-likeness (QED) is 0.504. The monoisotopic (exact) mass is 480 g/mol. The first kappa shape index (κ1) is 24.0. The summed E-state index contributed by atoms with van der Waals surface area (Å²) in [5, 5.41) is 7.99. The second-order valence-electron chi connectivity index (χ2n) is 8.51. The molecular weight excluding hydrogens is 455 g/mol. The average Bonchev–Trinajstić information content (AvgIpc) is 3.25. The van der Waals surface area contributed by atoms with Crippen LogP contribution in [0.2, 0.25) is 0 Å². The summed E-state index contributed by atoms with van der Waals surface area (Å²) in [5.41, 5.74) is 0.947. The topological polar surface area (TPSA) is 65.5 Å². The summed E-state index contributed by atoms with van der Waals surface area (Å²) >= 11 is 0. The average molecular weight is 480 g/mol. The van der Waals surface area contributed by atoms with Crippen molar-refractivity contribution < 1.29 is 26.7 Å². The lowest BCUT2D eigenvalue weighted by atomic mass is 9.90. The van der Waals surface area contributed by atoms with Crippen LogP contribution in [0.15, 0.2) is 65.0 Å². The highest BCUT2D eigenvalue weighted by Crippen LogP contribution is 2.35. The zero-order valence-corrected chi connectivity index (χ0v) is 18.2. The van der Waals surface area contributed by atoms with E-state index in [1.54, 1.807) is 42.5 Å². The Bertz CT molecular complexity index is 1040. The van der Waals surface area contributed by atoms with E-state index in [9.17, 15) is 26.7 Å². The highest BCUT2D eigenvalue weighted by molar-refractivity contribution is 6.02. The van der Waals surface area contributed by atoms with Crippen LogP contribution in [-0.4, -0.2) is 42.8 Å². The standard InChI is InChI=1S/C24H25F5N4O/c25-22(26)13-30-18-5-2-1-4-16(18)23(34)32-15-10-8-14(9-11-15)31-19-6-3-7-20-17(19)12-21(33-20)24(27,28)29/h1-7,12,14-15,17,22,30,33H,8-11,13H2,(H,32,34). The van der Waals surface area contributed by atoms with Crippen LogP contribution in [0.4, 0.5) is 27.6 Å². The normalized spacial score (nSPS) is 25.5. The summed E-state index contributed by atoms with van der Waals surface area (Å²) < 4.78 is 64.3. The van der Waals surface area contributed by atoms with Crippen LogP contribution in [0, 0.1) is 5.92 Å². The van der Waals surface area contributed by atoms with Gasteiger partial charge in [-0.3, -0.25) is 9.79 Å². The van der Waals surface area contributed by atoms with Crippen LogP contribution in [0.3, 0.4) is 0 Å². The lowest BCUT2D eigenvalue weighted by molar-refractivity contribution is -0.0950. The molecule has 1 heterocycles. The number of aliphatic imine (C=N–C) groups is 1. The summed E-state index contributed by atoms with van der Waals surface area (Å²) in [7, 11) is 0.